The minimum atomic E-state index is -0.757. The Morgan fingerprint density at radius 1 is 1.20 bits per heavy atom. The number of likely N-dealkylation sites (N-methyl/N-ethyl adjacent to an activating group) is 1. The lowest BCUT2D eigenvalue weighted by Crippen LogP contribution is -2.56. The summed E-state index contributed by atoms with van der Waals surface area (Å²) in [5.41, 5.74) is 1.45. The van der Waals surface area contributed by atoms with Crippen LogP contribution in [0.1, 0.15) is 35.1 Å². The molecule has 3 amide bonds. The van der Waals surface area contributed by atoms with E-state index >= 15 is 0 Å². The van der Waals surface area contributed by atoms with Crippen molar-refractivity contribution in [3.8, 4) is 0 Å². The van der Waals surface area contributed by atoms with E-state index in [1.807, 2.05) is 29.3 Å². The molecular weight excluding hydrogens is 471 g/mol. The Hall–Kier alpha value is -3.24. The number of halogens is 1. The second-order valence-electron chi connectivity index (χ2n) is 8.63. The zero-order chi connectivity index (χ0) is 25.1. The Bertz CT molecular complexity index is 1120. The minimum Gasteiger partial charge on any atom is -0.463 e. The number of carbonyl (C=O) groups is 3. The Kier molecular flexibility index (Phi) is 7.51. The first-order valence-electron chi connectivity index (χ1n) is 11.6. The number of piperazine rings is 1. The maximum absolute atomic E-state index is 13.5. The maximum Gasteiger partial charge on any atom is 0.338 e. The molecule has 35 heavy (non-hydrogen) atoms. The summed E-state index contributed by atoms with van der Waals surface area (Å²) in [4.78, 5) is 44.9. The second-order valence-corrected chi connectivity index (χ2v) is 9.58. The zero-order valence-electron chi connectivity index (χ0n) is 20.0. The van der Waals surface area contributed by atoms with E-state index in [0.717, 1.165) is 0 Å². The monoisotopic (exact) mass is 500 g/mol. The smallest absolute Gasteiger partial charge is 0.338 e. The highest BCUT2D eigenvalue weighted by molar-refractivity contribution is 7.12. The van der Waals surface area contributed by atoms with Crippen LogP contribution in [0.2, 0.25) is 0 Å². The topological polar surface area (TPSA) is 82.2 Å². The third-order valence-electron chi connectivity index (χ3n) is 6.35. The highest BCUT2D eigenvalue weighted by Crippen LogP contribution is 2.32. The van der Waals surface area contributed by atoms with Crippen molar-refractivity contribution < 1.29 is 23.5 Å². The molecule has 10 heteroatoms. The van der Waals surface area contributed by atoms with E-state index in [0.29, 0.717) is 47.9 Å². The fraction of sp³-hybridized carbons (Fsp3) is 0.400. The summed E-state index contributed by atoms with van der Waals surface area (Å²) in [5.74, 6) is -0.911. The highest BCUT2D eigenvalue weighted by atomic mass is 32.1. The average Bonchev–Trinajstić information content (AvgIpc) is 3.37. The number of esters is 1. The SMILES string of the molecule is CCOC(=O)C1=C(CN2CCN(C(=O)c3cccs3)[C@H](C)C2)N(C)C(=O)N[C@@H]1c1ccc(F)cc1. The molecule has 2 aliphatic heterocycles. The molecule has 1 N–H and O–H groups in total. The quantitative estimate of drug-likeness (QED) is 0.616. The molecule has 0 radical (unpaired) electrons. The minimum absolute atomic E-state index is 0.0177. The van der Waals surface area contributed by atoms with Crippen LogP contribution in [-0.2, 0) is 9.53 Å². The highest BCUT2D eigenvalue weighted by Gasteiger charge is 2.38. The number of nitrogens with zero attached hydrogens (tertiary/aromatic N) is 3. The van der Waals surface area contributed by atoms with Crippen molar-refractivity contribution in [2.24, 2.45) is 0 Å². The number of carbonyl (C=O) groups excluding carboxylic acids is 3. The summed E-state index contributed by atoms with van der Waals surface area (Å²) in [5, 5.41) is 4.73. The van der Waals surface area contributed by atoms with Gasteiger partial charge >= 0.3 is 12.0 Å². The number of urea groups is 1. The van der Waals surface area contributed by atoms with Crippen molar-refractivity contribution in [1.29, 1.82) is 0 Å². The fourth-order valence-corrected chi connectivity index (χ4v) is 5.21. The number of nitrogens with one attached hydrogen (secondary N) is 1. The summed E-state index contributed by atoms with van der Waals surface area (Å²) in [6, 6.07) is 8.24. The van der Waals surface area contributed by atoms with Crippen LogP contribution in [0.4, 0.5) is 9.18 Å². The average molecular weight is 501 g/mol. The van der Waals surface area contributed by atoms with Gasteiger partial charge in [0.1, 0.15) is 5.82 Å². The van der Waals surface area contributed by atoms with Gasteiger partial charge in [-0.2, -0.15) is 0 Å². The lowest BCUT2D eigenvalue weighted by atomic mass is 9.94. The number of benzene rings is 1. The predicted octanol–water partition coefficient (Wildman–Crippen LogP) is 3.25. The number of hydrogen-bond acceptors (Lipinski definition) is 6. The number of ether oxygens (including phenoxy) is 1. The van der Waals surface area contributed by atoms with Gasteiger partial charge in [0.2, 0.25) is 0 Å². The molecule has 0 aliphatic carbocycles. The van der Waals surface area contributed by atoms with Gasteiger partial charge in [-0.3, -0.25) is 14.6 Å². The van der Waals surface area contributed by atoms with E-state index in [-0.39, 0.29) is 24.6 Å². The van der Waals surface area contributed by atoms with Crippen LogP contribution in [0.5, 0.6) is 0 Å². The van der Waals surface area contributed by atoms with E-state index in [1.165, 1.54) is 28.4 Å². The molecule has 2 atom stereocenters. The number of amides is 3. The van der Waals surface area contributed by atoms with Gasteiger partial charge in [0, 0.05) is 45.0 Å². The van der Waals surface area contributed by atoms with Crippen molar-refractivity contribution in [3.05, 3.63) is 69.3 Å². The molecule has 0 unspecified atom stereocenters. The third-order valence-corrected chi connectivity index (χ3v) is 7.21. The molecule has 0 saturated carbocycles. The molecule has 0 spiro atoms. The van der Waals surface area contributed by atoms with E-state index in [1.54, 1.807) is 26.1 Å². The van der Waals surface area contributed by atoms with Crippen LogP contribution in [0.15, 0.2) is 53.0 Å². The molecule has 0 bridgehead atoms. The van der Waals surface area contributed by atoms with Gasteiger partial charge in [-0.15, -0.1) is 11.3 Å². The summed E-state index contributed by atoms with van der Waals surface area (Å²) in [6.45, 7) is 5.96. The molecule has 1 aromatic heterocycles. The molecule has 8 nitrogen and oxygen atoms in total. The first kappa shape index (κ1) is 24.9. The summed E-state index contributed by atoms with van der Waals surface area (Å²) >= 11 is 1.43. The Morgan fingerprint density at radius 3 is 2.57 bits per heavy atom. The molecule has 4 rings (SSSR count). The van der Waals surface area contributed by atoms with Crippen molar-refractivity contribution in [3.63, 3.8) is 0 Å². The van der Waals surface area contributed by atoms with Gasteiger partial charge in [0.05, 0.1) is 23.1 Å². The van der Waals surface area contributed by atoms with Crippen LogP contribution in [0.3, 0.4) is 0 Å². The predicted molar refractivity (Wildman–Crippen MR) is 130 cm³/mol. The van der Waals surface area contributed by atoms with Gasteiger partial charge in [0.25, 0.3) is 5.91 Å². The van der Waals surface area contributed by atoms with Gasteiger partial charge in [-0.1, -0.05) is 18.2 Å². The first-order chi connectivity index (χ1) is 16.8. The third kappa shape index (κ3) is 5.23. The lowest BCUT2D eigenvalue weighted by Gasteiger charge is -2.42. The number of rotatable bonds is 6. The molecule has 2 aromatic rings. The van der Waals surface area contributed by atoms with E-state index < -0.39 is 17.8 Å². The largest absolute Gasteiger partial charge is 0.463 e. The van der Waals surface area contributed by atoms with Gasteiger partial charge < -0.3 is 15.0 Å². The number of thiophene rings is 1. The van der Waals surface area contributed by atoms with Crippen LogP contribution in [-0.4, -0.2) is 78.5 Å². The molecule has 186 valence electrons. The van der Waals surface area contributed by atoms with Gasteiger partial charge in [0.15, 0.2) is 0 Å². The fourth-order valence-electron chi connectivity index (χ4n) is 4.54. The van der Waals surface area contributed by atoms with E-state index in [2.05, 4.69) is 10.2 Å². The van der Waals surface area contributed by atoms with E-state index in [9.17, 15) is 18.8 Å². The summed E-state index contributed by atoms with van der Waals surface area (Å²) in [7, 11) is 1.62. The molecule has 1 fully saturated rings. The Morgan fingerprint density at radius 2 is 1.94 bits per heavy atom. The molecule has 1 saturated heterocycles. The van der Waals surface area contributed by atoms with Crippen LogP contribution in [0.25, 0.3) is 0 Å². The van der Waals surface area contributed by atoms with Crippen LogP contribution in [0, 0.1) is 5.82 Å². The molecule has 3 heterocycles. The van der Waals surface area contributed by atoms with Crippen molar-refractivity contribution >= 4 is 29.2 Å². The van der Waals surface area contributed by atoms with Crippen molar-refractivity contribution in [2.45, 2.75) is 25.9 Å². The summed E-state index contributed by atoms with van der Waals surface area (Å²) in [6.07, 6.45) is 0. The standard InChI is InChI=1S/C25H29FN4O4S/c1-4-34-24(32)21-19(28(3)25(33)27-22(21)17-7-9-18(26)10-8-17)15-29-11-12-30(16(2)14-29)23(31)20-6-5-13-35-20/h5-10,13,16,22H,4,11-12,14-15H2,1-3H3,(H,27,33)/t16-,22-/m1/s1. The maximum atomic E-state index is 13.5. The summed E-state index contributed by atoms with van der Waals surface area (Å²) < 4.78 is 18.9. The second kappa shape index (κ2) is 10.6. The van der Waals surface area contributed by atoms with Crippen molar-refractivity contribution in [2.75, 3.05) is 39.8 Å². The number of hydrogen-bond donors (Lipinski definition) is 1. The van der Waals surface area contributed by atoms with Gasteiger partial charge in [-0.05, 0) is 43.0 Å². The molecule has 1 aromatic carbocycles. The van der Waals surface area contributed by atoms with Gasteiger partial charge in [-0.25, -0.2) is 14.0 Å². The normalized spacial score (nSPS) is 21.2. The van der Waals surface area contributed by atoms with Crippen LogP contribution < -0.4 is 5.32 Å². The molecule has 2 aliphatic rings. The zero-order valence-corrected chi connectivity index (χ0v) is 20.8. The van der Waals surface area contributed by atoms with Crippen LogP contribution >= 0.6 is 11.3 Å². The first-order valence-corrected chi connectivity index (χ1v) is 12.4. The Balaban J connectivity index is 1.61. The lowest BCUT2D eigenvalue weighted by molar-refractivity contribution is -0.139. The molecular formula is C25H29FN4O4S. The van der Waals surface area contributed by atoms with E-state index in [4.69, 9.17) is 4.74 Å². The van der Waals surface area contributed by atoms with Crippen molar-refractivity contribution in [1.82, 2.24) is 20.0 Å². The Labute approximate surface area is 207 Å².